The van der Waals surface area contributed by atoms with Crippen molar-refractivity contribution in [3.8, 4) is 0 Å². The van der Waals surface area contributed by atoms with E-state index in [2.05, 4.69) is 64.1 Å². The Balaban J connectivity index is 0. The van der Waals surface area contributed by atoms with E-state index in [1.807, 2.05) is 13.8 Å². The summed E-state index contributed by atoms with van der Waals surface area (Å²) in [6, 6.07) is 12.7. The van der Waals surface area contributed by atoms with Crippen molar-refractivity contribution < 1.29 is 21.1 Å². The molecule has 0 aliphatic rings. The van der Waals surface area contributed by atoms with E-state index >= 15 is 0 Å². The number of aliphatic imine (C=N–C) groups is 2. The summed E-state index contributed by atoms with van der Waals surface area (Å²) in [5, 5.41) is 0. The Bertz CT molecular complexity index is 653. The minimum absolute atomic E-state index is 0. The number of rotatable bonds is 3. The number of nitrogens with zero attached hydrogens (tertiary/aromatic N) is 2. The van der Waals surface area contributed by atoms with Crippen molar-refractivity contribution in [2.24, 2.45) is 9.98 Å². The molecule has 0 saturated heterocycles. The molecule has 0 atom stereocenters. The van der Waals surface area contributed by atoms with Gasteiger partial charge in [0, 0.05) is 0 Å². The second-order valence-electron chi connectivity index (χ2n) is 6.09. The topological polar surface area (TPSA) is 24.7 Å². The van der Waals surface area contributed by atoms with Crippen LogP contribution in [0.2, 0.25) is 0 Å². The van der Waals surface area contributed by atoms with Gasteiger partial charge in [-0.05, 0) is 88.1 Å². The Labute approximate surface area is 168 Å². The minimum atomic E-state index is 0. The van der Waals surface area contributed by atoms with Crippen LogP contribution >= 0.6 is 0 Å². The normalized spacial score (nSPS) is 11.1. The third kappa shape index (κ3) is 7.92. The molecule has 2 aromatic rings. The van der Waals surface area contributed by atoms with Gasteiger partial charge in [0.15, 0.2) is 0 Å². The molecule has 0 aromatic heterocycles. The summed E-state index contributed by atoms with van der Waals surface area (Å²) in [4.78, 5) is 9.42. The first kappa shape index (κ1) is 25.7. The quantitative estimate of drug-likeness (QED) is 0.320. The van der Waals surface area contributed by atoms with Gasteiger partial charge in [-0.3, -0.25) is 9.98 Å². The van der Waals surface area contributed by atoms with Gasteiger partial charge in [-0.15, -0.1) is 0 Å². The van der Waals surface area contributed by atoms with Crippen LogP contribution in [0.4, 0.5) is 11.4 Å². The van der Waals surface area contributed by atoms with Crippen molar-refractivity contribution >= 4 is 22.8 Å². The molecule has 2 aromatic carbocycles. The monoisotopic (exact) mass is 517 g/mol. The molecule has 0 aliphatic carbocycles. The Morgan fingerprint density at radius 1 is 0.560 bits per heavy atom. The fourth-order valence-corrected chi connectivity index (χ4v) is 2.58. The van der Waals surface area contributed by atoms with Crippen LogP contribution in [0, 0.1) is 42.5 Å². The standard InChI is InChI=1S/C20H24N2.2CH3.Pt/c1-13-7-14(2)10-19(9-13)21-17(5)18(6)22-20-11-15(3)8-16(4)12-20;;;/h7-12H,1-6H3;2*1H3;/q;2*-1;+2. The molecule has 0 unspecified atom stereocenters. The molecular weight excluding hydrogens is 487 g/mol. The third-order valence-corrected chi connectivity index (χ3v) is 3.53. The Kier molecular flexibility index (Phi) is 11.5. The van der Waals surface area contributed by atoms with E-state index in [1.165, 1.54) is 22.3 Å². The van der Waals surface area contributed by atoms with Gasteiger partial charge in [-0.2, -0.15) is 0 Å². The predicted octanol–water partition coefficient (Wildman–Crippen LogP) is 6.70. The van der Waals surface area contributed by atoms with Gasteiger partial charge in [-0.25, -0.2) is 0 Å². The van der Waals surface area contributed by atoms with Gasteiger partial charge in [0.1, 0.15) is 0 Å². The maximum Gasteiger partial charge on any atom is 2.00 e. The van der Waals surface area contributed by atoms with E-state index in [9.17, 15) is 0 Å². The third-order valence-electron chi connectivity index (χ3n) is 3.53. The molecule has 25 heavy (non-hydrogen) atoms. The number of aryl methyl sites for hydroxylation is 4. The summed E-state index contributed by atoms with van der Waals surface area (Å²) in [7, 11) is 0. The van der Waals surface area contributed by atoms with Gasteiger partial charge in [-0.1, -0.05) is 12.1 Å². The van der Waals surface area contributed by atoms with Crippen LogP contribution in [-0.4, -0.2) is 11.4 Å². The summed E-state index contributed by atoms with van der Waals surface area (Å²) in [5.74, 6) is 0. The van der Waals surface area contributed by atoms with Crippen LogP contribution in [0.25, 0.3) is 0 Å². The average molecular weight is 518 g/mol. The first-order valence-corrected chi connectivity index (χ1v) is 7.61. The van der Waals surface area contributed by atoms with Crippen LogP contribution < -0.4 is 0 Å². The summed E-state index contributed by atoms with van der Waals surface area (Å²) in [6.07, 6.45) is 0. The van der Waals surface area contributed by atoms with E-state index in [0.29, 0.717) is 0 Å². The molecule has 0 fully saturated rings. The van der Waals surface area contributed by atoms with Gasteiger partial charge >= 0.3 is 21.1 Å². The smallest absolute Gasteiger partial charge is 0.358 e. The molecule has 0 radical (unpaired) electrons. The maximum absolute atomic E-state index is 4.71. The van der Waals surface area contributed by atoms with Crippen molar-refractivity contribution in [1.82, 2.24) is 0 Å². The molecule has 3 heteroatoms. The van der Waals surface area contributed by atoms with E-state index in [4.69, 9.17) is 9.98 Å². The molecule has 0 heterocycles. The second-order valence-corrected chi connectivity index (χ2v) is 6.09. The largest absolute Gasteiger partial charge is 2.00 e. The zero-order valence-electron chi connectivity index (χ0n) is 16.7. The van der Waals surface area contributed by atoms with Crippen LogP contribution in [0.15, 0.2) is 46.4 Å². The molecule has 0 spiro atoms. The van der Waals surface area contributed by atoms with Gasteiger partial charge in [0.05, 0.1) is 22.8 Å². The number of hydrogen-bond donors (Lipinski definition) is 0. The maximum atomic E-state index is 4.71. The summed E-state index contributed by atoms with van der Waals surface area (Å²) >= 11 is 0. The van der Waals surface area contributed by atoms with E-state index in [1.54, 1.807) is 0 Å². The number of benzene rings is 2. The van der Waals surface area contributed by atoms with Crippen LogP contribution in [0.3, 0.4) is 0 Å². The van der Waals surface area contributed by atoms with Crippen molar-refractivity contribution in [3.05, 3.63) is 73.5 Å². The molecule has 0 aliphatic heterocycles. The van der Waals surface area contributed by atoms with Crippen LogP contribution in [-0.2, 0) is 21.1 Å². The summed E-state index contributed by atoms with van der Waals surface area (Å²) in [5.41, 5.74) is 8.81. The van der Waals surface area contributed by atoms with Crippen LogP contribution in [0.1, 0.15) is 36.1 Å². The SMILES string of the molecule is CC(=Nc1cc(C)cc(C)c1)C(C)=Nc1cc(C)cc(C)c1.[CH3-].[CH3-].[Pt+2]. The molecule has 0 bridgehead atoms. The van der Waals surface area contributed by atoms with Crippen molar-refractivity contribution in [3.63, 3.8) is 0 Å². The second kappa shape index (κ2) is 11.2. The van der Waals surface area contributed by atoms with Crippen LogP contribution in [0.5, 0.6) is 0 Å². The summed E-state index contributed by atoms with van der Waals surface area (Å²) in [6.45, 7) is 12.4. The first-order chi connectivity index (χ1) is 10.3. The Morgan fingerprint density at radius 3 is 1.04 bits per heavy atom. The fraction of sp³-hybridized carbons (Fsp3) is 0.273. The number of hydrogen-bond acceptors (Lipinski definition) is 2. The van der Waals surface area contributed by atoms with Gasteiger partial charge in [0.25, 0.3) is 0 Å². The molecule has 0 amide bonds. The molecule has 0 saturated carbocycles. The summed E-state index contributed by atoms with van der Waals surface area (Å²) < 4.78 is 0. The zero-order chi connectivity index (χ0) is 16.3. The molecule has 2 nitrogen and oxygen atoms in total. The van der Waals surface area contributed by atoms with Gasteiger partial charge in [0.2, 0.25) is 0 Å². The first-order valence-electron chi connectivity index (χ1n) is 7.61. The average Bonchev–Trinajstić information content (AvgIpc) is 2.35. The molecule has 0 N–H and O–H groups in total. The minimum Gasteiger partial charge on any atom is -0.358 e. The van der Waals surface area contributed by atoms with Crippen molar-refractivity contribution in [2.45, 2.75) is 41.5 Å². The fourth-order valence-electron chi connectivity index (χ4n) is 2.58. The zero-order valence-corrected chi connectivity index (χ0v) is 18.9. The van der Waals surface area contributed by atoms with Gasteiger partial charge < -0.3 is 14.9 Å². The van der Waals surface area contributed by atoms with Crippen molar-refractivity contribution in [1.29, 1.82) is 0 Å². The predicted molar refractivity (Wildman–Crippen MR) is 110 cm³/mol. The van der Waals surface area contributed by atoms with E-state index in [-0.39, 0.29) is 35.9 Å². The van der Waals surface area contributed by atoms with Crippen molar-refractivity contribution in [2.75, 3.05) is 0 Å². The molecule has 2 rings (SSSR count). The molecule has 138 valence electrons. The van der Waals surface area contributed by atoms with E-state index in [0.717, 1.165) is 22.8 Å². The molecular formula is C22H30N2Pt. The Morgan fingerprint density at radius 2 is 0.800 bits per heavy atom. The Hall–Kier alpha value is -1.53. The van der Waals surface area contributed by atoms with E-state index < -0.39 is 0 Å².